The van der Waals surface area contributed by atoms with Crippen LogP contribution >= 0.6 is 0 Å². The lowest BCUT2D eigenvalue weighted by Crippen LogP contribution is -2.05. The highest BCUT2D eigenvalue weighted by molar-refractivity contribution is 5.75. The highest BCUT2D eigenvalue weighted by Crippen LogP contribution is 2.25. The van der Waals surface area contributed by atoms with Gasteiger partial charge in [-0.25, -0.2) is 4.68 Å². The predicted molar refractivity (Wildman–Crippen MR) is 92.8 cm³/mol. The van der Waals surface area contributed by atoms with Crippen LogP contribution in [0, 0.1) is 0 Å². The predicted octanol–water partition coefficient (Wildman–Crippen LogP) is 2.99. The molecule has 0 unspecified atom stereocenters. The van der Waals surface area contributed by atoms with Crippen molar-refractivity contribution < 1.29 is 14.6 Å². The molecule has 1 N–H and O–H groups in total. The molecule has 0 aliphatic rings. The molecule has 6 nitrogen and oxygen atoms in total. The van der Waals surface area contributed by atoms with Gasteiger partial charge in [0, 0.05) is 5.56 Å². The molecule has 6 heteroatoms. The third-order valence-electron chi connectivity index (χ3n) is 3.84. The molecule has 128 valence electrons. The van der Waals surface area contributed by atoms with Gasteiger partial charge >= 0.3 is 0 Å². The summed E-state index contributed by atoms with van der Waals surface area (Å²) in [6.07, 6.45) is 1.47. The molecule has 0 aliphatic heterocycles. The van der Waals surface area contributed by atoms with Crippen LogP contribution < -0.4 is 4.74 Å². The monoisotopic (exact) mass is 337 g/mol. The number of aryl methyl sites for hydroxylation is 1. The van der Waals surface area contributed by atoms with Gasteiger partial charge in [0.15, 0.2) is 0 Å². The number of carbonyl (C=O) groups excluding carboxylic acids is 1. The number of aliphatic hydroxyl groups excluding tert-OH is 1. The van der Waals surface area contributed by atoms with E-state index in [1.807, 2.05) is 31.2 Å². The van der Waals surface area contributed by atoms with E-state index in [0.29, 0.717) is 30.2 Å². The van der Waals surface area contributed by atoms with Gasteiger partial charge in [-0.1, -0.05) is 48.5 Å². The van der Waals surface area contributed by atoms with Crippen molar-refractivity contribution >= 4 is 6.29 Å². The Bertz CT molecular complexity index is 857. The van der Waals surface area contributed by atoms with E-state index in [0.717, 1.165) is 23.1 Å². The van der Waals surface area contributed by atoms with E-state index in [-0.39, 0.29) is 6.61 Å². The molecule has 0 spiro atoms. The van der Waals surface area contributed by atoms with Crippen molar-refractivity contribution in [3.8, 4) is 11.6 Å². The molecule has 0 fully saturated rings. The van der Waals surface area contributed by atoms with Crippen molar-refractivity contribution in [2.75, 3.05) is 0 Å². The smallest absolute Gasteiger partial charge is 0.241 e. The van der Waals surface area contributed by atoms with Crippen molar-refractivity contribution in [1.82, 2.24) is 15.0 Å². The molecular weight excluding hydrogens is 318 g/mol. The zero-order chi connectivity index (χ0) is 17.6. The molecule has 0 amide bonds. The van der Waals surface area contributed by atoms with Crippen molar-refractivity contribution in [3.05, 3.63) is 70.9 Å². The number of hydrogen-bond acceptors (Lipinski definition) is 5. The summed E-state index contributed by atoms with van der Waals surface area (Å²) < 4.78 is 7.67. The fraction of sp³-hybridized carbons (Fsp3) is 0.211. The second-order valence-corrected chi connectivity index (χ2v) is 5.62. The second-order valence-electron chi connectivity index (χ2n) is 5.62. The summed E-state index contributed by atoms with van der Waals surface area (Å²) in [6.45, 7) is 2.51. The zero-order valence-corrected chi connectivity index (χ0v) is 13.9. The molecule has 0 saturated carbocycles. The number of aldehydes is 1. The average molecular weight is 337 g/mol. The molecule has 1 aromatic heterocycles. The second kappa shape index (κ2) is 7.72. The molecule has 3 rings (SSSR count). The van der Waals surface area contributed by atoms with Crippen LogP contribution in [0.25, 0.3) is 0 Å². The van der Waals surface area contributed by atoms with Crippen LogP contribution in [0.1, 0.15) is 34.1 Å². The van der Waals surface area contributed by atoms with Crippen LogP contribution in [0.3, 0.4) is 0 Å². The number of aliphatic hydroxyl groups is 1. The Kier molecular flexibility index (Phi) is 5.20. The van der Waals surface area contributed by atoms with E-state index in [2.05, 4.69) is 10.3 Å². The lowest BCUT2D eigenvalue weighted by molar-refractivity contribution is 0.112. The number of hydrogen-bond donors (Lipinski definition) is 1. The van der Waals surface area contributed by atoms with E-state index in [1.54, 1.807) is 28.9 Å². The van der Waals surface area contributed by atoms with Crippen molar-refractivity contribution in [1.29, 1.82) is 0 Å². The minimum Gasteiger partial charge on any atom is -0.437 e. The highest BCUT2D eigenvalue weighted by atomic mass is 16.5. The van der Waals surface area contributed by atoms with Gasteiger partial charge in [0.05, 0.1) is 13.2 Å². The van der Waals surface area contributed by atoms with Crippen LogP contribution in [-0.4, -0.2) is 26.4 Å². The molecular formula is C19H19N3O3. The summed E-state index contributed by atoms with van der Waals surface area (Å²) in [5.41, 5.74) is 3.19. The number of aromatic nitrogens is 3. The van der Waals surface area contributed by atoms with E-state index < -0.39 is 0 Å². The largest absolute Gasteiger partial charge is 0.437 e. The SMILES string of the molecule is CCc1nnn(Cc2ccc(CO)cc2)c1Oc1cccc(C=O)c1. The minimum absolute atomic E-state index is 0.0189. The Morgan fingerprint density at radius 3 is 2.60 bits per heavy atom. The van der Waals surface area contributed by atoms with Gasteiger partial charge in [-0.3, -0.25) is 4.79 Å². The maximum Gasteiger partial charge on any atom is 0.241 e. The van der Waals surface area contributed by atoms with Crippen molar-refractivity contribution in [3.63, 3.8) is 0 Å². The first-order chi connectivity index (χ1) is 12.2. The Morgan fingerprint density at radius 2 is 1.92 bits per heavy atom. The van der Waals surface area contributed by atoms with Gasteiger partial charge < -0.3 is 9.84 Å². The summed E-state index contributed by atoms with van der Waals surface area (Å²) in [6, 6.07) is 14.6. The normalized spacial score (nSPS) is 10.6. The van der Waals surface area contributed by atoms with Crippen molar-refractivity contribution in [2.24, 2.45) is 0 Å². The van der Waals surface area contributed by atoms with E-state index in [1.165, 1.54) is 0 Å². The fourth-order valence-corrected chi connectivity index (χ4v) is 2.46. The molecule has 25 heavy (non-hydrogen) atoms. The summed E-state index contributed by atoms with van der Waals surface area (Å²) in [7, 11) is 0. The van der Waals surface area contributed by atoms with Crippen LogP contribution in [0.5, 0.6) is 11.6 Å². The Morgan fingerprint density at radius 1 is 1.16 bits per heavy atom. The lowest BCUT2D eigenvalue weighted by Gasteiger charge is -2.10. The summed E-state index contributed by atoms with van der Waals surface area (Å²) in [4.78, 5) is 10.9. The molecule has 0 bridgehead atoms. The van der Waals surface area contributed by atoms with Gasteiger partial charge in [-0.15, -0.1) is 5.10 Å². The van der Waals surface area contributed by atoms with E-state index >= 15 is 0 Å². The summed E-state index contributed by atoms with van der Waals surface area (Å²) in [5.74, 6) is 1.13. The minimum atomic E-state index is 0.0189. The van der Waals surface area contributed by atoms with E-state index in [4.69, 9.17) is 9.84 Å². The molecule has 0 radical (unpaired) electrons. The van der Waals surface area contributed by atoms with Gasteiger partial charge in [-0.05, 0) is 29.7 Å². The average Bonchev–Trinajstić information content (AvgIpc) is 3.04. The third kappa shape index (κ3) is 3.92. The number of nitrogens with zero attached hydrogens (tertiary/aromatic N) is 3. The van der Waals surface area contributed by atoms with Gasteiger partial charge in [0.25, 0.3) is 0 Å². The zero-order valence-electron chi connectivity index (χ0n) is 13.9. The number of rotatable bonds is 7. The quantitative estimate of drug-likeness (QED) is 0.671. The molecule has 1 heterocycles. The third-order valence-corrected chi connectivity index (χ3v) is 3.84. The topological polar surface area (TPSA) is 77.2 Å². The summed E-state index contributed by atoms with van der Waals surface area (Å²) >= 11 is 0. The first kappa shape index (κ1) is 16.9. The van der Waals surface area contributed by atoms with E-state index in [9.17, 15) is 4.79 Å². The first-order valence-corrected chi connectivity index (χ1v) is 8.07. The van der Waals surface area contributed by atoms with Gasteiger partial charge in [0.2, 0.25) is 5.88 Å². The van der Waals surface area contributed by atoms with Gasteiger partial charge in [-0.2, -0.15) is 0 Å². The highest BCUT2D eigenvalue weighted by Gasteiger charge is 2.14. The molecule has 0 aliphatic carbocycles. The Balaban J connectivity index is 1.87. The fourth-order valence-electron chi connectivity index (χ4n) is 2.46. The first-order valence-electron chi connectivity index (χ1n) is 8.07. The Hall–Kier alpha value is -2.99. The van der Waals surface area contributed by atoms with Crippen LogP contribution in [0.2, 0.25) is 0 Å². The standard InChI is InChI=1S/C19H19N3O3/c1-2-18-19(25-17-5-3-4-16(10-17)13-24)22(21-20-18)11-14-6-8-15(12-23)9-7-14/h3-10,13,23H,2,11-12H2,1H3. The lowest BCUT2D eigenvalue weighted by atomic mass is 10.1. The van der Waals surface area contributed by atoms with Crippen molar-refractivity contribution in [2.45, 2.75) is 26.5 Å². The van der Waals surface area contributed by atoms with Crippen LogP contribution in [0.4, 0.5) is 0 Å². The number of carbonyl (C=O) groups is 1. The van der Waals surface area contributed by atoms with Gasteiger partial charge in [0.1, 0.15) is 17.7 Å². The Labute approximate surface area is 145 Å². The van der Waals surface area contributed by atoms with Crippen LogP contribution in [-0.2, 0) is 19.6 Å². The van der Waals surface area contributed by atoms with Crippen LogP contribution in [0.15, 0.2) is 48.5 Å². The maximum atomic E-state index is 10.9. The maximum absolute atomic E-state index is 10.9. The number of ether oxygens (including phenoxy) is 1. The molecule has 0 saturated heterocycles. The molecule has 2 aromatic carbocycles. The number of benzene rings is 2. The molecule has 3 aromatic rings. The summed E-state index contributed by atoms with van der Waals surface area (Å²) in [5, 5.41) is 17.5. The molecule has 0 atom stereocenters.